The number of nitrogens with zero attached hydrogens (tertiary/aromatic N) is 2. The molecule has 0 saturated heterocycles. The van der Waals surface area contributed by atoms with Crippen LogP contribution in [0, 0.1) is 0 Å². The van der Waals surface area contributed by atoms with Crippen molar-refractivity contribution in [3.05, 3.63) is 194 Å². The zero-order chi connectivity index (χ0) is 47.9. The highest BCUT2D eigenvalue weighted by Crippen LogP contribution is 2.41. The predicted octanol–water partition coefficient (Wildman–Crippen LogP) is 2.28. The zero-order valence-corrected chi connectivity index (χ0v) is 41.4. The number of benzene rings is 10. The van der Waals surface area contributed by atoms with E-state index in [2.05, 4.69) is 266 Å². The molecule has 0 amide bonds. The second kappa shape index (κ2) is 17.1. The summed E-state index contributed by atoms with van der Waals surface area (Å²) in [5.74, 6) is 0. The van der Waals surface area contributed by atoms with Gasteiger partial charge in [0.05, 0.1) is 16.6 Å². The number of hydrogen-bond donors (Lipinski definition) is 0. The molecule has 0 bridgehead atoms. The summed E-state index contributed by atoms with van der Waals surface area (Å²) in [5, 5.41) is 5.11. The Bertz CT molecular complexity index is 4000. The van der Waals surface area contributed by atoms with Crippen molar-refractivity contribution in [2.45, 2.75) is 0 Å². The highest BCUT2D eigenvalue weighted by Gasteiger charge is 2.25. The van der Waals surface area contributed by atoms with Gasteiger partial charge in [-0.25, -0.2) is 0 Å². The summed E-state index contributed by atoms with van der Waals surface area (Å²) >= 11 is 0. The number of rotatable bonds is 7. The van der Waals surface area contributed by atoms with Gasteiger partial charge in [-0.05, 0) is 110 Å². The average molecular weight is 884 g/mol. The molecule has 0 N–H and O–H groups in total. The van der Waals surface area contributed by atoms with Gasteiger partial charge in [0.1, 0.15) is 62.8 Å². The van der Waals surface area contributed by atoms with Crippen molar-refractivity contribution in [2.24, 2.45) is 0 Å². The molecule has 0 atom stereocenters. The third kappa shape index (κ3) is 6.83. The van der Waals surface area contributed by atoms with Crippen LogP contribution < -0.4 is 43.7 Å². The fourth-order valence-electron chi connectivity index (χ4n) is 11.9. The van der Waals surface area contributed by atoms with Crippen molar-refractivity contribution in [1.82, 2.24) is 9.13 Å². The van der Waals surface area contributed by atoms with E-state index in [4.69, 9.17) is 0 Å². The summed E-state index contributed by atoms with van der Waals surface area (Å²) in [5.41, 5.74) is 30.3. The first-order chi connectivity index (χ1) is 34.1. The Labute approximate surface area is 418 Å². The SMILES string of the molecule is Bc1c(B)c(B)c(-c2cccc3c2c2cc(-c4c(B)c(B)c5c(c4B)c4ccccc4n5-c4cc(-c5ccccc5)cc(-c5ccccc5)c4)ccc2n3-c2cccc(-c3ccccc3)c2)c(B)c1B. The van der Waals surface area contributed by atoms with Crippen LogP contribution in [-0.4, -0.2) is 71.9 Å². The molecular formula is C60H48B8N2. The second-order valence-corrected chi connectivity index (χ2v) is 19.5. The lowest BCUT2D eigenvalue weighted by Crippen LogP contribution is -2.55. The van der Waals surface area contributed by atoms with Gasteiger partial charge in [0.15, 0.2) is 0 Å². The lowest BCUT2D eigenvalue weighted by atomic mass is 9.59. The number of para-hydroxylation sites is 1. The second-order valence-electron chi connectivity index (χ2n) is 19.5. The van der Waals surface area contributed by atoms with Crippen LogP contribution in [0.2, 0.25) is 0 Å². The van der Waals surface area contributed by atoms with E-state index in [0.717, 1.165) is 11.4 Å². The maximum absolute atomic E-state index is 2.53. The summed E-state index contributed by atoms with van der Waals surface area (Å²) in [6, 6.07) is 71.7. The molecule has 0 spiro atoms. The number of fused-ring (bicyclic) bond motifs is 6. The van der Waals surface area contributed by atoms with Crippen LogP contribution in [0.1, 0.15) is 0 Å². The minimum atomic E-state index is 1.15. The summed E-state index contributed by atoms with van der Waals surface area (Å²) in [7, 11) is 18.5. The molecule has 70 heavy (non-hydrogen) atoms. The number of hydrogen-bond acceptors (Lipinski definition) is 0. The van der Waals surface area contributed by atoms with E-state index in [1.807, 2.05) is 0 Å². The Morgan fingerprint density at radius 1 is 0.257 bits per heavy atom. The zero-order valence-electron chi connectivity index (χ0n) is 41.4. The Kier molecular flexibility index (Phi) is 10.6. The van der Waals surface area contributed by atoms with Crippen molar-refractivity contribution in [3.63, 3.8) is 0 Å². The molecule has 10 aromatic carbocycles. The van der Waals surface area contributed by atoms with Crippen molar-refractivity contribution >= 4 is 150 Å². The summed E-state index contributed by atoms with van der Waals surface area (Å²) in [4.78, 5) is 0. The quantitative estimate of drug-likeness (QED) is 0.218. The first kappa shape index (κ1) is 43.6. The van der Waals surface area contributed by atoms with Crippen molar-refractivity contribution in [2.75, 3.05) is 0 Å². The van der Waals surface area contributed by atoms with Gasteiger partial charge in [-0.1, -0.05) is 167 Å². The molecule has 0 aliphatic rings. The molecule has 2 nitrogen and oxygen atoms in total. The predicted molar refractivity (Wildman–Crippen MR) is 328 cm³/mol. The summed E-state index contributed by atoms with van der Waals surface area (Å²) < 4.78 is 5.03. The smallest absolute Gasteiger partial charge is 0.141 e. The molecule has 0 fully saturated rings. The minimum absolute atomic E-state index is 1.15. The van der Waals surface area contributed by atoms with Crippen molar-refractivity contribution in [1.29, 1.82) is 0 Å². The fourth-order valence-corrected chi connectivity index (χ4v) is 11.9. The Morgan fingerprint density at radius 3 is 1.40 bits per heavy atom. The van der Waals surface area contributed by atoms with E-state index >= 15 is 0 Å². The van der Waals surface area contributed by atoms with E-state index in [1.54, 1.807) is 0 Å². The van der Waals surface area contributed by atoms with Gasteiger partial charge in [-0.2, -0.15) is 0 Å². The van der Waals surface area contributed by atoms with Crippen molar-refractivity contribution in [3.8, 4) is 67.0 Å². The van der Waals surface area contributed by atoms with E-state index in [-0.39, 0.29) is 0 Å². The Hall–Kier alpha value is -7.68. The molecule has 2 heterocycles. The highest BCUT2D eigenvalue weighted by molar-refractivity contribution is 6.69. The van der Waals surface area contributed by atoms with Crippen LogP contribution in [0.3, 0.4) is 0 Å². The largest absolute Gasteiger partial charge is 0.310 e. The van der Waals surface area contributed by atoms with E-state index in [0.29, 0.717) is 0 Å². The van der Waals surface area contributed by atoms with Crippen LogP contribution >= 0.6 is 0 Å². The van der Waals surface area contributed by atoms with Crippen LogP contribution in [0.4, 0.5) is 0 Å². The normalized spacial score (nSPS) is 11.6. The first-order valence-electron chi connectivity index (χ1n) is 24.7. The van der Waals surface area contributed by atoms with Gasteiger partial charge in [0.25, 0.3) is 0 Å². The molecule has 322 valence electrons. The molecule has 2 aromatic heterocycles. The van der Waals surface area contributed by atoms with E-state index in [1.165, 1.54) is 143 Å². The maximum Gasteiger partial charge on any atom is 0.141 e. The molecule has 0 radical (unpaired) electrons. The summed E-state index contributed by atoms with van der Waals surface area (Å²) in [6.07, 6.45) is 0. The van der Waals surface area contributed by atoms with Crippen LogP contribution in [0.5, 0.6) is 0 Å². The molecule has 0 aliphatic heterocycles. The highest BCUT2D eigenvalue weighted by atomic mass is 15.0. The van der Waals surface area contributed by atoms with Gasteiger partial charge < -0.3 is 9.13 Å². The van der Waals surface area contributed by atoms with Gasteiger partial charge in [-0.15, -0.1) is 16.4 Å². The number of aromatic nitrogens is 2. The van der Waals surface area contributed by atoms with Gasteiger partial charge in [0.2, 0.25) is 0 Å². The molecule has 0 aliphatic carbocycles. The van der Waals surface area contributed by atoms with Gasteiger partial charge in [0, 0.05) is 38.4 Å². The third-order valence-electron chi connectivity index (χ3n) is 15.9. The standard InChI is InChI=1S/C60H48B8N2/c61-52-48(53(62)59(68)60-51(52)42-22-10-11-24-45(42)70(60)41-30-38(34-16-6-2-7-17-34)28-39(31-41)35-18-8-3-9-19-35)37-26-27-46-44(32-37)49-43(50-54(63)56(65)58(67)57(66)55(50)64)23-13-25-47(49)69(46)40-21-12-20-36(29-40)33-14-4-1-5-15-33/h1-32H,61-68H2. The topological polar surface area (TPSA) is 9.86 Å². The monoisotopic (exact) mass is 884 g/mol. The third-order valence-corrected chi connectivity index (χ3v) is 15.9. The van der Waals surface area contributed by atoms with Crippen molar-refractivity contribution < 1.29 is 0 Å². The Morgan fingerprint density at radius 2 is 0.757 bits per heavy atom. The lowest BCUT2D eigenvalue weighted by molar-refractivity contribution is 1.18. The van der Waals surface area contributed by atoms with E-state index in [9.17, 15) is 0 Å². The minimum Gasteiger partial charge on any atom is -0.310 e. The Balaban J connectivity index is 1.13. The average Bonchev–Trinajstić information content (AvgIpc) is 3.94. The summed E-state index contributed by atoms with van der Waals surface area (Å²) in [6.45, 7) is 0. The fraction of sp³-hybridized carbons (Fsp3) is 0. The maximum atomic E-state index is 2.53. The first-order valence-corrected chi connectivity index (χ1v) is 24.7. The molecule has 12 aromatic rings. The molecule has 10 heteroatoms. The molecule has 0 unspecified atom stereocenters. The lowest BCUT2D eigenvalue weighted by Gasteiger charge is -2.21. The van der Waals surface area contributed by atoms with E-state index < -0.39 is 0 Å². The molecule has 0 saturated carbocycles. The van der Waals surface area contributed by atoms with Gasteiger partial charge >= 0.3 is 0 Å². The van der Waals surface area contributed by atoms with Crippen LogP contribution in [0.15, 0.2) is 194 Å². The molecule has 12 rings (SSSR count). The van der Waals surface area contributed by atoms with Crippen LogP contribution in [-0.2, 0) is 0 Å². The molecular weight excluding hydrogens is 835 g/mol. The van der Waals surface area contributed by atoms with Crippen LogP contribution in [0.25, 0.3) is 111 Å². The van der Waals surface area contributed by atoms with Gasteiger partial charge in [-0.3, -0.25) is 0 Å².